The van der Waals surface area contributed by atoms with Gasteiger partial charge in [0, 0.05) is 6.07 Å². The Labute approximate surface area is 81.7 Å². The van der Waals surface area contributed by atoms with Gasteiger partial charge in [-0.05, 0) is 29.7 Å². The summed E-state index contributed by atoms with van der Waals surface area (Å²) < 4.78 is 25.5. The van der Waals surface area contributed by atoms with Crippen molar-refractivity contribution >= 4 is 6.08 Å². The van der Waals surface area contributed by atoms with Crippen molar-refractivity contribution < 1.29 is 13.9 Å². The lowest BCUT2D eigenvalue weighted by Gasteiger charge is -2.00. The van der Waals surface area contributed by atoms with E-state index in [0.717, 1.165) is 11.6 Å². The lowest BCUT2D eigenvalue weighted by molar-refractivity contribution is 0.329. The number of aliphatic hydroxyl groups is 1. The highest BCUT2D eigenvalue weighted by Crippen LogP contribution is 2.13. The Morgan fingerprint density at radius 2 is 1.86 bits per heavy atom. The highest BCUT2D eigenvalue weighted by atomic mass is 19.1. The van der Waals surface area contributed by atoms with Crippen molar-refractivity contribution in [2.75, 3.05) is 6.61 Å². The van der Waals surface area contributed by atoms with Crippen molar-refractivity contribution in [3.63, 3.8) is 0 Å². The first-order valence-electron chi connectivity index (χ1n) is 4.42. The standard InChI is InChI=1S/C11H12F2O/c1-2-8(7-14)3-9-4-10(12)6-11(13)5-9/h3-6,14H,2,7H2,1H3/b8-3-. The van der Waals surface area contributed by atoms with Crippen molar-refractivity contribution in [2.24, 2.45) is 0 Å². The molecule has 0 bridgehead atoms. The van der Waals surface area contributed by atoms with E-state index >= 15 is 0 Å². The van der Waals surface area contributed by atoms with Crippen molar-refractivity contribution in [2.45, 2.75) is 13.3 Å². The first-order valence-corrected chi connectivity index (χ1v) is 4.42. The molecule has 0 saturated heterocycles. The third-order valence-corrected chi connectivity index (χ3v) is 1.91. The minimum Gasteiger partial charge on any atom is -0.392 e. The van der Waals surface area contributed by atoms with Crippen LogP contribution in [0, 0.1) is 11.6 Å². The quantitative estimate of drug-likeness (QED) is 0.791. The molecule has 0 amide bonds. The average Bonchev–Trinajstić information content (AvgIpc) is 2.12. The Bertz CT molecular complexity index is 319. The monoisotopic (exact) mass is 198 g/mol. The first kappa shape index (κ1) is 10.9. The van der Waals surface area contributed by atoms with Crippen LogP contribution in [0.25, 0.3) is 6.08 Å². The molecule has 76 valence electrons. The molecule has 0 fully saturated rings. The van der Waals surface area contributed by atoms with Crippen LogP contribution in [-0.2, 0) is 0 Å². The molecule has 1 N–H and O–H groups in total. The van der Waals surface area contributed by atoms with Gasteiger partial charge in [0.2, 0.25) is 0 Å². The molecule has 1 rings (SSSR count). The van der Waals surface area contributed by atoms with Gasteiger partial charge < -0.3 is 5.11 Å². The minimum atomic E-state index is -0.607. The summed E-state index contributed by atoms with van der Waals surface area (Å²) in [6, 6.07) is 3.28. The molecule has 1 aromatic rings. The van der Waals surface area contributed by atoms with Crippen LogP contribution >= 0.6 is 0 Å². The van der Waals surface area contributed by atoms with E-state index in [0.29, 0.717) is 12.0 Å². The largest absolute Gasteiger partial charge is 0.392 e. The summed E-state index contributed by atoms with van der Waals surface area (Å²) in [4.78, 5) is 0. The van der Waals surface area contributed by atoms with E-state index in [1.54, 1.807) is 6.08 Å². The Morgan fingerprint density at radius 1 is 1.29 bits per heavy atom. The van der Waals surface area contributed by atoms with Crippen LogP contribution in [0.2, 0.25) is 0 Å². The molecule has 3 heteroatoms. The third kappa shape index (κ3) is 2.92. The zero-order chi connectivity index (χ0) is 10.6. The molecular weight excluding hydrogens is 186 g/mol. The molecule has 0 aromatic heterocycles. The first-order chi connectivity index (χ1) is 6.65. The Morgan fingerprint density at radius 3 is 2.29 bits per heavy atom. The smallest absolute Gasteiger partial charge is 0.126 e. The average molecular weight is 198 g/mol. The van der Waals surface area contributed by atoms with E-state index in [-0.39, 0.29) is 6.61 Å². The van der Waals surface area contributed by atoms with Crippen LogP contribution in [0.5, 0.6) is 0 Å². The van der Waals surface area contributed by atoms with Crippen molar-refractivity contribution in [3.05, 3.63) is 41.0 Å². The van der Waals surface area contributed by atoms with E-state index in [1.165, 1.54) is 12.1 Å². The second-order valence-corrected chi connectivity index (χ2v) is 3.02. The summed E-state index contributed by atoms with van der Waals surface area (Å²) in [5.74, 6) is -1.21. The Kier molecular flexibility index (Phi) is 3.77. The maximum Gasteiger partial charge on any atom is 0.126 e. The molecule has 0 heterocycles. The van der Waals surface area contributed by atoms with Gasteiger partial charge in [-0.25, -0.2) is 8.78 Å². The fourth-order valence-corrected chi connectivity index (χ4v) is 1.15. The Hall–Kier alpha value is -1.22. The van der Waals surface area contributed by atoms with E-state index in [1.807, 2.05) is 6.92 Å². The second-order valence-electron chi connectivity index (χ2n) is 3.02. The summed E-state index contributed by atoms with van der Waals surface area (Å²) >= 11 is 0. The molecule has 1 aromatic carbocycles. The lowest BCUT2D eigenvalue weighted by atomic mass is 10.1. The van der Waals surface area contributed by atoms with Gasteiger partial charge in [0.25, 0.3) is 0 Å². The van der Waals surface area contributed by atoms with Crippen LogP contribution in [0.15, 0.2) is 23.8 Å². The van der Waals surface area contributed by atoms with Gasteiger partial charge in [-0.2, -0.15) is 0 Å². The van der Waals surface area contributed by atoms with Crippen LogP contribution in [0.1, 0.15) is 18.9 Å². The van der Waals surface area contributed by atoms with Gasteiger partial charge in [-0.3, -0.25) is 0 Å². The number of rotatable bonds is 3. The van der Waals surface area contributed by atoms with Gasteiger partial charge in [-0.15, -0.1) is 0 Å². The summed E-state index contributed by atoms with van der Waals surface area (Å²) in [7, 11) is 0. The van der Waals surface area contributed by atoms with Crippen molar-refractivity contribution in [1.29, 1.82) is 0 Å². The fourth-order valence-electron chi connectivity index (χ4n) is 1.15. The van der Waals surface area contributed by atoms with E-state index < -0.39 is 11.6 Å². The normalized spacial score (nSPS) is 11.9. The van der Waals surface area contributed by atoms with Crippen LogP contribution < -0.4 is 0 Å². The van der Waals surface area contributed by atoms with Gasteiger partial charge in [0.05, 0.1) is 6.61 Å². The molecule has 0 saturated carbocycles. The van der Waals surface area contributed by atoms with Crippen molar-refractivity contribution in [3.8, 4) is 0 Å². The third-order valence-electron chi connectivity index (χ3n) is 1.91. The topological polar surface area (TPSA) is 20.2 Å². The SMILES string of the molecule is CC/C(=C/c1cc(F)cc(F)c1)CO. The number of halogens is 2. The summed E-state index contributed by atoms with van der Waals surface area (Å²) in [5, 5.41) is 8.87. The van der Waals surface area contributed by atoms with E-state index in [4.69, 9.17) is 5.11 Å². The summed E-state index contributed by atoms with van der Waals surface area (Å²) in [6.45, 7) is 1.78. The lowest BCUT2D eigenvalue weighted by Crippen LogP contribution is -1.89. The zero-order valence-electron chi connectivity index (χ0n) is 7.93. The maximum atomic E-state index is 12.8. The molecule has 0 aliphatic heterocycles. The molecule has 1 nitrogen and oxygen atoms in total. The number of hydrogen-bond acceptors (Lipinski definition) is 1. The van der Waals surface area contributed by atoms with Crippen LogP contribution in [0.3, 0.4) is 0 Å². The molecule has 0 spiro atoms. The Balaban J connectivity index is 3.01. The highest BCUT2D eigenvalue weighted by Gasteiger charge is 1.99. The predicted octanol–water partition coefficient (Wildman–Crippen LogP) is 2.75. The number of hydrogen-bond donors (Lipinski definition) is 1. The van der Waals surface area contributed by atoms with Gasteiger partial charge in [0.15, 0.2) is 0 Å². The zero-order valence-corrected chi connectivity index (χ0v) is 7.93. The maximum absolute atomic E-state index is 12.8. The number of aliphatic hydroxyl groups excluding tert-OH is 1. The highest BCUT2D eigenvalue weighted by molar-refractivity contribution is 5.53. The molecule has 0 radical (unpaired) electrons. The summed E-state index contributed by atoms with van der Waals surface area (Å²) in [5.41, 5.74) is 1.18. The molecule has 0 atom stereocenters. The molecule has 0 unspecified atom stereocenters. The predicted molar refractivity (Wildman–Crippen MR) is 51.7 cm³/mol. The van der Waals surface area contributed by atoms with E-state index in [2.05, 4.69) is 0 Å². The molecule has 0 aliphatic rings. The second kappa shape index (κ2) is 4.86. The minimum absolute atomic E-state index is 0.0887. The number of benzene rings is 1. The van der Waals surface area contributed by atoms with Gasteiger partial charge in [0.1, 0.15) is 11.6 Å². The fraction of sp³-hybridized carbons (Fsp3) is 0.273. The van der Waals surface area contributed by atoms with Gasteiger partial charge >= 0.3 is 0 Å². The molecular formula is C11H12F2O. The van der Waals surface area contributed by atoms with Crippen LogP contribution in [-0.4, -0.2) is 11.7 Å². The summed E-state index contributed by atoms with van der Waals surface area (Å²) in [6.07, 6.45) is 2.25. The van der Waals surface area contributed by atoms with E-state index in [9.17, 15) is 8.78 Å². The van der Waals surface area contributed by atoms with Gasteiger partial charge in [-0.1, -0.05) is 13.0 Å². The van der Waals surface area contributed by atoms with Crippen molar-refractivity contribution in [1.82, 2.24) is 0 Å². The van der Waals surface area contributed by atoms with Crippen LogP contribution in [0.4, 0.5) is 8.78 Å². The molecule has 14 heavy (non-hydrogen) atoms. The molecule has 0 aliphatic carbocycles.